The van der Waals surface area contributed by atoms with Crippen molar-refractivity contribution in [2.24, 2.45) is 7.05 Å². The summed E-state index contributed by atoms with van der Waals surface area (Å²) in [6.45, 7) is 5.22. The van der Waals surface area contributed by atoms with E-state index in [2.05, 4.69) is 27.3 Å². The molecule has 3 heterocycles. The van der Waals surface area contributed by atoms with Crippen LogP contribution in [0.4, 0.5) is 0 Å². The first-order chi connectivity index (χ1) is 9.16. The summed E-state index contributed by atoms with van der Waals surface area (Å²) in [7, 11) is 1.98. The Balaban J connectivity index is 1.92. The molecule has 5 heteroatoms. The van der Waals surface area contributed by atoms with Gasteiger partial charge in [-0.25, -0.2) is 4.98 Å². The minimum atomic E-state index is 0.375. The highest BCUT2D eigenvalue weighted by Gasteiger charge is 2.19. The summed E-state index contributed by atoms with van der Waals surface area (Å²) in [6, 6.07) is 0.375. The Morgan fingerprint density at radius 2 is 2.16 bits per heavy atom. The molecule has 2 aromatic heterocycles. The van der Waals surface area contributed by atoms with Crippen LogP contribution in [-0.4, -0.2) is 26.3 Å². The lowest BCUT2D eigenvalue weighted by atomic mass is 10.0. The first-order valence-electron chi connectivity index (χ1n) is 6.95. The molecule has 2 N–H and O–H groups in total. The first-order valence-corrected chi connectivity index (χ1v) is 6.95. The van der Waals surface area contributed by atoms with Crippen molar-refractivity contribution in [2.75, 3.05) is 6.54 Å². The summed E-state index contributed by atoms with van der Waals surface area (Å²) in [5.41, 5.74) is 4.47. The van der Waals surface area contributed by atoms with E-state index >= 15 is 0 Å². The Morgan fingerprint density at radius 1 is 1.32 bits per heavy atom. The standard InChI is InChI=1S/C14H21N5/c1-9-13(10(2)19(3)18-9)12-8-16-14(17-12)11-6-4-5-7-15-11/h8,11,15H,4-7H2,1-3H3,(H,16,17). The molecule has 1 unspecified atom stereocenters. The molecule has 5 nitrogen and oxygen atoms in total. The monoisotopic (exact) mass is 259 g/mol. The second-order valence-electron chi connectivity index (χ2n) is 5.35. The SMILES string of the molecule is Cc1nn(C)c(C)c1-c1cnc(C2CCCCN2)[nH]1. The molecule has 0 radical (unpaired) electrons. The van der Waals surface area contributed by atoms with Gasteiger partial charge < -0.3 is 10.3 Å². The highest BCUT2D eigenvalue weighted by atomic mass is 15.3. The van der Waals surface area contributed by atoms with Crippen LogP contribution < -0.4 is 5.32 Å². The van der Waals surface area contributed by atoms with Gasteiger partial charge in [0.15, 0.2) is 0 Å². The van der Waals surface area contributed by atoms with Gasteiger partial charge in [-0.3, -0.25) is 4.68 Å². The lowest BCUT2D eigenvalue weighted by molar-refractivity contribution is 0.399. The highest BCUT2D eigenvalue weighted by Crippen LogP contribution is 2.27. The molecule has 1 atom stereocenters. The van der Waals surface area contributed by atoms with Gasteiger partial charge in [0.1, 0.15) is 5.82 Å². The molecule has 0 saturated carbocycles. The molecular formula is C14H21N5. The third kappa shape index (κ3) is 2.18. The lowest BCUT2D eigenvalue weighted by Gasteiger charge is -2.21. The maximum Gasteiger partial charge on any atom is 0.123 e. The molecule has 0 amide bonds. The summed E-state index contributed by atoms with van der Waals surface area (Å²) in [4.78, 5) is 8.02. The molecule has 0 aliphatic carbocycles. The topological polar surface area (TPSA) is 58.5 Å². The van der Waals surface area contributed by atoms with Crippen LogP contribution in [-0.2, 0) is 7.05 Å². The van der Waals surface area contributed by atoms with Crippen LogP contribution in [0.25, 0.3) is 11.3 Å². The average Bonchev–Trinajstić information content (AvgIpc) is 2.97. The zero-order valence-electron chi connectivity index (χ0n) is 11.8. The Hall–Kier alpha value is -1.62. The van der Waals surface area contributed by atoms with Crippen LogP contribution in [0.2, 0.25) is 0 Å². The van der Waals surface area contributed by atoms with Gasteiger partial charge in [-0.15, -0.1) is 0 Å². The number of rotatable bonds is 2. The number of aromatic amines is 1. The van der Waals surface area contributed by atoms with Crippen molar-refractivity contribution in [1.29, 1.82) is 0 Å². The van der Waals surface area contributed by atoms with E-state index in [1.165, 1.54) is 24.1 Å². The zero-order chi connectivity index (χ0) is 13.4. The third-order valence-electron chi connectivity index (χ3n) is 4.01. The molecule has 1 aliphatic rings. The van der Waals surface area contributed by atoms with Crippen molar-refractivity contribution >= 4 is 0 Å². The van der Waals surface area contributed by atoms with Crippen molar-refractivity contribution in [3.05, 3.63) is 23.4 Å². The lowest BCUT2D eigenvalue weighted by Crippen LogP contribution is -2.27. The van der Waals surface area contributed by atoms with E-state index in [0.29, 0.717) is 6.04 Å². The molecule has 1 fully saturated rings. The van der Waals surface area contributed by atoms with Crippen LogP contribution in [0.15, 0.2) is 6.20 Å². The summed E-state index contributed by atoms with van der Waals surface area (Å²) in [5, 5.41) is 7.98. The molecule has 2 aromatic rings. The van der Waals surface area contributed by atoms with Crippen molar-refractivity contribution in [3.8, 4) is 11.3 Å². The van der Waals surface area contributed by atoms with Crippen molar-refractivity contribution < 1.29 is 0 Å². The number of nitrogens with one attached hydrogen (secondary N) is 2. The Labute approximate surface area is 113 Å². The number of aromatic nitrogens is 4. The summed E-state index contributed by atoms with van der Waals surface area (Å²) in [6.07, 6.45) is 5.64. The smallest absolute Gasteiger partial charge is 0.123 e. The molecule has 1 aliphatic heterocycles. The minimum Gasteiger partial charge on any atom is -0.341 e. The number of H-pyrrole nitrogens is 1. The Morgan fingerprint density at radius 3 is 2.79 bits per heavy atom. The largest absolute Gasteiger partial charge is 0.341 e. The van der Waals surface area contributed by atoms with E-state index in [4.69, 9.17) is 0 Å². The van der Waals surface area contributed by atoms with Crippen molar-refractivity contribution in [1.82, 2.24) is 25.1 Å². The van der Waals surface area contributed by atoms with E-state index in [1.807, 2.05) is 24.9 Å². The molecule has 0 aromatic carbocycles. The quantitative estimate of drug-likeness (QED) is 0.869. The number of nitrogens with zero attached hydrogens (tertiary/aromatic N) is 3. The summed E-state index contributed by atoms with van der Waals surface area (Å²) in [5.74, 6) is 1.05. The van der Waals surface area contributed by atoms with Crippen LogP contribution in [0.5, 0.6) is 0 Å². The van der Waals surface area contributed by atoms with E-state index in [9.17, 15) is 0 Å². The van der Waals surface area contributed by atoms with Crippen LogP contribution in [0.1, 0.15) is 42.5 Å². The first kappa shape index (κ1) is 12.4. The van der Waals surface area contributed by atoms with E-state index in [0.717, 1.165) is 30.2 Å². The van der Waals surface area contributed by atoms with Gasteiger partial charge in [0.25, 0.3) is 0 Å². The van der Waals surface area contributed by atoms with Crippen LogP contribution in [0.3, 0.4) is 0 Å². The molecule has 3 rings (SSSR count). The van der Waals surface area contributed by atoms with Gasteiger partial charge in [0, 0.05) is 18.3 Å². The van der Waals surface area contributed by atoms with Crippen LogP contribution in [0, 0.1) is 13.8 Å². The molecule has 0 spiro atoms. The second kappa shape index (κ2) is 4.81. The van der Waals surface area contributed by atoms with Gasteiger partial charge in [0.2, 0.25) is 0 Å². The van der Waals surface area contributed by atoms with E-state index in [1.54, 1.807) is 0 Å². The molecule has 102 valence electrons. The maximum atomic E-state index is 4.55. The van der Waals surface area contributed by atoms with Gasteiger partial charge in [-0.05, 0) is 33.2 Å². The van der Waals surface area contributed by atoms with Crippen molar-refractivity contribution in [3.63, 3.8) is 0 Å². The second-order valence-corrected chi connectivity index (χ2v) is 5.35. The third-order valence-corrected chi connectivity index (χ3v) is 4.01. The summed E-state index contributed by atoms with van der Waals surface area (Å²) >= 11 is 0. The van der Waals surface area contributed by atoms with Crippen molar-refractivity contribution in [2.45, 2.75) is 39.2 Å². The molecule has 19 heavy (non-hydrogen) atoms. The van der Waals surface area contributed by atoms with Gasteiger partial charge in [0.05, 0.1) is 23.6 Å². The highest BCUT2D eigenvalue weighted by molar-refractivity contribution is 5.64. The van der Waals surface area contributed by atoms with Crippen LogP contribution >= 0.6 is 0 Å². The fraction of sp³-hybridized carbons (Fsp3) is 0.571. The van der Waals surface area contributed by atoms with Gasteiger partial charge >= 0.3 is 0 Å². The van der Waals surface area contributed by atoms with E-state index in [-0.39, 0.29) is 0 Å². The molecule has 0 bridgehead atoms. The number of hydrogen-bond acceptors (Lipinski definition) is 3. The molecular weight excluding hydrogens is 238 g/mol. The fourth-order valence-electron chi connectivity index (χ4n) is 2.89. The van der Waals surface area contributed by atoms with Gasteiger partial charge in [-0.1, -0.05) is 6.42 Å². The number of piperidine rings is 1. The Kier molecular flexibility index (Phi) is 3.14. The predicted octanol–water partition coefficient (Wildman–Crippen LogP) is 2.24. The number of imidazole rings is 1. The molecule has 1 saturated heterocycles. The number of hydrogen-bond donors (Lipinski definition) is 2. The predicted molar refractivity (Wildman–Crippen MR) is 74.9 cm³/mol. The number of aryl methyl sites for hydroxylation is 2. The minimum absolute atomic E-state index is 0.375. The maximum absolute atomic E-state index is 4.55. The summed E-state index contributed by atoms with van der Waals surface area (Å²) < 4.78 is 1.92. The fourth-order valence-corrected chi connectivity index (χ4v) is 2.89. The van der Waals surface area contributed by atoms with Gasteiger partial charge in [-0.2, -0.15) is 5.10 Å². The average molecular weight is 259 g/mol. The van der Waals surface area contributed by atoms with E-state index < -0.39 is 0 Å². The normalized spacial score (nSPS) is 19.8. The zero-order valence-corrected chi connectivity index (χ0v) is 11.8. The Bertz CT molecular complexity index is 575.